The van der Waals surface area contributed by atoms with Gasteiger partial charge in [-0.25, -0.2) is 0 Å². The van der Waals surface area contributed by atoms with Crippen LogP contribution in [0.25, 0.3) is 22.2 Å². The summed E-state index contributed by atoms with van der Waals surface area (Å²) in [5.41, 5.74) is 3.20. The molecule has 0 fully saturated rings. The minimum Gasteiger partial charge on any atom is -0.508 e. The summed E-state index contributed by atoms with van der Waals surface area (Å²) in [7, 11) is -4.32. The molecule has 0 bridgehead atoms. The predicted octanol–water partition coefficient (Wildman–Crippen LogP) is 5.20. The van der Waals surface area contributed by atoms with Crippen LogP contribution in [-0.2, 0) is 16.8 Å². The van der Waals surface area contributed by atoms with Crippen LogP contribution in [-0.4, -0.2) is 22.6 Å². The maximum atomic E-state index is 11.2. The topological polar surface area (TPSA) is 91.6 Å². The Kier molecular flexibility index (Phi) is 6.26. The molecule has 3 N–H and O–H groups in total. The number of anilines is 1. The summed E-state index contributed by atoms with van der Waals surface area (Å²) in [6.45, 7) is 2.99. The van der Waals surface area contributed by atoms with Crippen LogP contribution in [0.2, 0.25) is 0 Å². The fraction of sp³-hybridized carbons (Fsp3) is 0.333. The second-order valence-electron chi connectivity index (χ2n) is 6.99. The van der Waals surface area contributed by atoms with Gasteiger partial charge < -0.3 is 9.67 Å². The van der Waals surface area contributed by atoms with Crippen molar-refractivity contribution in [2.45, 2.75) is 45.6 Å². The van der Waals surface area contributed by atoms with Gasteiger partial charge in [-0.05, 0) is 54.4 Å². The van der Waals surface area contributed by atoms with E-state index in [1.54, 1.807) is 24.3 Å². The fourth-order valence-corrected chi connectivity index (χ4v) is 3.88. The molecule has 0 unspecified atom stereocenters. The monoisotopic (exact) mass is 402 g/mol. The minimum atomic E-state index is -4.32. The molecule has 2 aromatic carbocycles. The zero-order chi connectivity index (χ0) is 20.1. The molecule has 0 aliphatic rings. The molecular formula is C21H26N2O4S. The van der Waals surface area contributed by atoms with Crippen LogP contribution in [0.4, 0.5) is 5.69 Å². The van der Waals surface area contributed by atoms with Crippen molar-refractivity contribution in [1.82, 2.24) is 4.57 Å². The third-order valence-electron chi connectivity index (χ3n) is 4.80. The first-order valence-electron chi connectivity index (χ1n) is 9.55. The number of phenolic OH excluding ortho intramolecular Hbond substituents is 1. The molecule has 0 saturated carbocycles. The number of rotatable bonds is 9. The van der Waals surface area contributed by atoms with Gasteiger partial charge in [-0.3, -0.25) is 9.27 Å². The SMILES string of the molecule is CCCCCCCn1c(-c2ccc(O)cc2)cc2ccc(NS(=O)(=O)O)cc21. The highest BCUT2D eigenvalue weighted by Crippen LogP contribution is 2.31. The Morgan fingerprint density at radius 3 is 2.36 bits per heavy atom. The molecule has 0 atom stereocenters. The third-order valence-corrected chi connectivity index (χ3v) is 5.29. The van der Waals surface area contributed by atoms with Crippen LogP contribution >= 0.6 is 0 Å². The van der Waals surface area contributed by atoms with Gasteiger partial charge in [0.1, 0.15) is 5.75 Å². The molecule has 6 nitrogen and oxygen atoms in total. The van der Waals surface area contributed by atoms with E-state index < -0.39 is 10.3 Å². The van der Waals surface area contributed by atoms with Crippen LogP contribution in [0.3, 0.4) is 0 Å². The van der Waals surface area contributed by atoms with Crippen LogP contribution < -0.4 is 4.72 Å². The Morgan fingerprint density at radius 2 is 1.68 bits per heavy atom. The number of phenols is 1. The number of fused-ring (bicyclic) bond motifs is 1. The van der Waals surface area contributed by atoms with Gasteiger partial charge in [0.05, 0.1) is 11.2 Å². The summed E-state index contributed by atoms with van der Waals surface area (Å²) in [6.07, 6.45) is 5.76. The molecule has 1 heterocycles. The number of hydrogen-bond acceptors (Lipinski definition) is 3. The highest BCUT2D eigenvalue weighted by atomic mass is 32.2. The average molecular weight is 403 g/mol. The number of hydrogen-bond donors (Lipinski definition) is 3. The van der Waals surface area contributed by atoms with Crippen molar-refractivity contribution in [1.29, 1.82) is 0 Å². The van der Waals surface area contributed by atoms with Crippen molar-refractivity contribution in [3.8, 4) is 17.0 Å². The van der Waals surface area contributed by atoms with Gasteiger partial charge in [-0.2, -0.15) is 8.42 Å². The molecule has 1 aromatic heterocycles. The molecule has 0 aliphatic carbocycles. The number of benzene rings is 2. The van der Waals surface area contributed by atoms with Crippen LogP contribution in [0.5, 0.6) is 5.75 Å². The second kappa shape index (κ2) is 8.67. The Hall–Kier alpha value is -2.51. The van der Waals surface area contributed by atoms with E-state index in [9.17, 15) is 13.5 Å². The minimum absolute atomic E-state index is 0.214. The number of aryl methyl sites for hydroxylation is 1. The summed E-state index contributed by atoms with van der Waals surface area (Å²) in [5, 5.41) is 10.6. The zero-order valence-corrected chi connectivity index (χ0v) is 16.7. The van der Waals surface area contributed by atoms with E-state index in [0.717, 1.165) is 41.5 Å². The van der Waals surface area contributed by atoms with Gasteiger partial charge in [0.25, 0.3) is 0 Å². The van der Waals surface area contributed by atoms with E-state index in [1.165, 1.54) is 19.3 Å². The van der Waals surface area contributed by atoms with Crippen molar-refractivity contribution in [2.75, 3.05) is 4.72 Å². The van der Waals surface area contributed by atoms with Crippen molar-refractivity contribution in [2.24, 2.45) is 0 Å². The molecule has 0 saturated heterocycles. The molecule has 3 rings (SSSR count). The first-order valence-corrected chi connectivity index (χ1v) is 11.0. The van der Waals surface area contributed by atoms with Crippen LogP contribution in [0.15, 0.2) is 48.5 Å². The molecule has 0 radical (unpaired) electrons. The summed E-state index contributed by atoms with van der Waals surface area (Å²) < 4.78 is 35.7. The van der Waals surface area contributed by atoms with E-state index in [0.29, 0.717) is 5.69 Å². The highest BCUT2D eigenvalue weighted by molar-refractivity contribution is 7.87. The van der Waals surface area contributed by atoms with E-state index >= 15 is 0 Å². The summed E-state index contributed by atoms with van der Waals surface area (Å²) in [6, 6.07) is 14.3. The molecule has 150 valence electrons. The lowest BCUT2D eigenvalue weighted by Gasteiger charge is -2.12. The Labute approximate surface area is 165 Å². The van der Waals surface area contributed by atoms with Crippen molar-refractivity contribution in [3.05, 3.63) is 48.5 Å². The first kappa shape index (κ1) is 20.2. The van der Waals surface area contributed by atoms with E-state index in [2.05, 4.69) is 22.3 Å². The number of aromatic nitrogens is 1. The lowest BCUT2D eigenvalue weighted by atomic mass is 10.1. The summed E-state index contributed by atoms with van der Waals surface area (Å²) in [4.78, 5) is 0. The van der Waals surface area contributed by atoms with Gasteiger partial charge >= 0.3 is 10.3 Å². The third kappa shape index (κ3) is 5.05. The second-order valence-corrected chi connectivity index (χ2v) is 8.15. The molecule has 3 aromatic rings. The summed E-state index contributed by atoms with van der Waals surface area (Å²) >= 11 is 0. The lowest BCUT2D eigenvalue weighted by Crippen LogP contribution is -2.10. The van der Waals surface area contributed by atoms with E-state index in [4.69, 9.17) is 4.55 Å². The fourth-order valence-electron chi connectivity index (χ4n) is 3.45. The normalized spacial score (nSPS) is 11.8. The molecule has 0 spiro atoms. The van der Waals surface area contributed by atoms with Gasteiger partial charge in [0.15, 0.2) is 0 Å². The molecule has 28 heavy (non-hydrogen) atoms. The Bertz CT molecular complexity index is 1040. The molecule has 7 heteroatoms. The standard InChI is InChI=1S/C21H26N2O4S/c1-2-3-4-5-6-13-23-20(16-8-11-19(24)12-9-16)14-17-7-10-18(15-21(17)23)22-28(25,26)27/h7-12,14-15,22,24H,2-6,13H2,1H3,(H,25,26,27). The molecule has 0 amide bonds. The maximum absolute atomic E-state index is 11.2. The smallest absolute Gasteiger partial charge is 0.357 e. The van der Waals surface area contributed by atoms with Gasteiger partial charge in [0, 0.05) is 17.6 Å². The van der Waals surface area contributed by atoms with Crippen molar-refractivity contribution in [3.63, 3.8) is 0 Å². The lowest BCUT2D eigenvalue weighted by molar-refractivity contribution is 0.475. The van der Waals surface area contributed by atoms with Gasteiger partial charge in [-0.1, -0.05) is 38.7 Å². The first-order chi connectivity index (χ1) is 13.4. The predicted molar refractivity (Wildman–Crippen MR) is 113 cm³/mol. The Morgan fingerprint density at radius 1 is 0.964 bits per heavy atom. The molecule has 0 aliphatic heterocycles. The van der Waals surface area contributed by atoms with E-state index in [1.807, 2.05) is 18.2 Å². The van der Waals surface area contributed by atoms with Gasteiger partial charge in [0.2, 0.25) is 0 Å². The molecular weight excluding hydrogens is 376 g/mol. The maximum Gasteiger partial charge on any atom is 0.357 e. The largest absolute Gasteiger partial charge is 0.508 e. The van der Waals surface area contributed by atoms with E-state index in [-0.39, 0.29) is 5.75 Å². The number of aromatic hydroxyl groups is 1. The van der Waals surface area contributed by atoms with Crippen molar-refractivity contribution < 1.29 is 18.1 Å². The highest BCUT2D eigenvalue weighted by Gasteiger charge is 2.13. The quantitative estimate of drug-likeness (QED) is 0.339. The van der Waals surface area contributed by atoms with Crippen LogP contribution in [0.1, 0.15) is 39.0 Å². The average Bonchev–Trinajstić information content (AvgIpc) is 2.99. The number of unbranched alkanes of at least 4 members (excludes halogenated alkanes) is 4. The zero-order valence-electron chi connectivity index (χ0n) is 15.9. The summed E-state index contributed by atoms with van der Waals surface area (Å²) in [5.74, 6) is 0.214. The van der Waals surface area contributed by atoms with Gasteiger partial charge in [-0.15, -0.1) is 0 Å². The number of nitrogens with zero attached hydrogens (tertiary/aromatic N) is 1. The Balaban J connectivity index is 1.99. The van der Waals surface area contributed by atoms with Crippen molar-refractivity contribution >= 4 is 26.9 Å². The number of nitrogens with one attached hydrogen (secondary N) is 1. The van der Waals surface area contributed by atoms with Crippen LogP contribution in [0, 0.1) is 0 Å².